The van der Waals surface area contributed by atoms with Crippen LogP contribution in [0.25, 0.3) is 54.9 Å². The smallest absolute Gasteiger partial charge is 0.0467 e. The van der Waals surface area contributed by atoms with Crippen molar-refractivity contribution in [1.82, 2.24) is 0 Å². The van der Waals surface area contributed by atoms with Crippen molar-refractivity contribution >= 4 is 44.7 Å². The normalized spacial score (nSPS) is 16.0. The van der Waals surface area contributed by atoms with Crippen molar-refractivity contribution in [1.29, 1.82) is 0 Å². The molecule has 52 heavy (non-hydrogen) atoms. The summed E-state index contributed by atoms with van der Waals surface area (Å²) < 4.78 is 0. The monoisotopic (exact) mass is 681 g/mol. The highest BCUT2D eigenvalue weighted by molar-refractivity contribution is 8.00. The Labute approximate surface area is 309 Å². The fourth-order valence-electron chi connectivity index (χ4n) is 7.87. The largest absolute Gasteiger partial charge is 0.311 e. The van der Waals surface area contributed by atoms with E-state index in [0.717, 1.165) is 11.4 Å². The van der Waals surface area contributed by atoms with Gasteiger partial charge in [-0.05, 0) is 115 Å². The number of thioether (sulfide) groups is 1. The SMILES string of the molecule is C1=CC2Sc3ccccc3C2C=C1N(c1ccc(-c2ccccc2)cc1)c1cccc(-c2ccc3ccc(-c4ccc5ccccc5c4)cc3c2)c1. The van der Waals surface area contributed by atoms with Gasteiger partial charge in [-0.15, -0.1) is 11.8 Å². The van der Waals surface area contributed by atoms with Crippen molar-refractivity contribution < 1.29 is 0 Å². The molecule has 2 aliphatic rings. The van der Waals surface area contributed by atoms with Crippen molar-refractivity contribution in [2.24, 2.45) is 0 Å². The molecule has 8 aromatic rings. The summed E-state index contributed by atoms with van der Waals surface area (Å²) >= 11 is 1.98. The molecule has 0 fully saturated rings. The van der Waals surface area contributed by atoms with Gasteiger partial charge in [0.1, 0.15) is 0 Å². The summed E-state index contributed by atoms with van der Waals surface area (Å²) in [6.45, 7) is 0. The summed E-state index contributed by atoms with van der Waals surface area (Å²) in [5, 5.41) is 5.43. The van der Waals surface area contributed by atoms with E-state index < -0.39 is 0 Å². The van der Waals surface area contributed by atoms with Gasteiger partial charge in [-0.25, -0.2) is 0 Å². The van der Waals surface area contributed by atoms with Gasteiger partial charge < -0.3 is 4.90 Å². The minimum atomic E-state index is 0.341. The van der Waals surface area contributed by atoms with E-state index in [-0.39, 0.29) is 0 Å². The van der Waals surface area contributed by atoms with Crippen molar-refractivity contribution in [3.05, 3.63) is 211 Å². The lowest BCUT2D eigenvalue weighted by molar-refractivity contribution is 0.863. The standard InChI is InChI=1S/C50H35NS/c1-2-9-34(10-3-1)36-23-25-44(26-24-36)51(46-27-28-50-48(33-46)47-15-6-7-16-49(47)52-50)45-14-8-13-39(32-45)41-21-18-37-19-22-42(31-43(37)30-41)40-20-17-35-11-4-5-12-38(35)29-40/h1-33,48,50H. The molecule has 1 aliphatic carbocycles. The summed E-state index contributed by atoms with van der Waals surface area (Å²) in [5.74, 6) is 0.341. The fraction of sp³-hybridized carbons (Fsp3) is 0.0400. The third-order valence-corrected chi connectivity index (χ3v) is 11.9. The molecule has 1 nitrogen and oxygen atoms in total. The number of hydrogen-bond acceptors (Lipinski definition) is 2. The van der Waals surface area contributed by atoms with Crippen LogP contribution in [-0.4, -0.2) is 5.25 Å². The van der Waals surface area contributed by atoms with Crippen LogP contribution in [0.1, 0.15) is 11.5 Å². The zero-order valence-electron chi connectivity index (χ0n) is 28.6. The van der Waals surface area contributed by atoms with Crippen LogP contribution < -0.4 is 4.90 Å². The minimum Gasteiger partial charge on any atom is -0.311 e. The van der Waals surface area contributed by atoms with Gasteiger partial charge in [0.2, 0.25) is 0 Å². The number of rotatable bonds is 6. The summed E-state index contributed by atoms with van der Waals surface area (Å²) in [5.41, 5.74) is 12.2. The van der Waals surface area contributed by atoms with Gasteiger partial charge in [-0.2, -0.15) is 0 Å². The molecular formula is C50H35NS. The second-order valence-electron chi connectivity index (χ2n) is 13.7. The van der Waals surface area contributed by atoms with Crippen LogP contribution in [0.4, 0.5) is 11.4 Å². The maximum Gasteiger partial charge on any atom is 0.0467 e. The summed E-state index contributed by atoms with van der Waals surface area (Å²) in [7, 11) is 0. The summed E-state index contributed by atoms with van der Waals surface area (Å²) in [4.78, 5) is 3.82. The van der Waals surface area contributed by atoms with Gasteiger partial charge in [-0.3, -0.25) is 0 Å². The Morgan fingerprint density at radius 2 is 0.981 bits per heavy atom. The molecular weight excluding hydrogens is 647 g/mol. The van der Waals surface area contributed by atoms with Crippen LogP contribution in [0.3, 0.4) is 0 Å². The van der Waals surface area contributed by atoms with Crippen LogP contribution in [0.15, 0.2) is 211 Å². The number of allylic oxidation sites excluding steroid dienone is 2. The maximum atomic E-state index is 2.48. The predicted octanol–water partition coefficient (Wildman–Crippen LogP) is 13.8. The molecule has 0 saturated carbocycles. The molecule has 0 N–H and O–H groups in total. The van der Waals surface area contributed by atoms with Crippen molar-refractivity contribution in [3.8, 4) is 33.4 Å². The average molecular weight is 682 g/mol. The lowest BCUT2D eigenvalue weighted by Gasteiger charge is -2.30. The van der Waals surface area contributed by atoms with E-state index in [1.807, 2.05) is 11.8 Å². The molecule has 246 valence electrons. The first-order valence-corrected chi connectivity index (χ1v) is 18.9. The summed E-state index contributed by atoms with van der Waals surface area (Å²) in [6.07, 6.45) is 7.20. The molecule has 0 aromatic heterocycles. The van der Waals surface area contributed by atoms with Crippen LogP contribution >= 0.6 is 11.8 Å². The van der Waals surface area contributed by atoms with E-state index >= 15 is 0 Å². The van der Waals surface area contributed by atoms with E-state index in [4.69, 9.17) is 0 Å². The van der Waals surface area contributed by atoms with E-state index in [1.54, 1.807) is 0 Å². The maximum absolute atomic E-state index is 2.48. The quantitative estimate of drug-likeness (QED) is 0.172. The molecule has 0 radical (unpaired) electrons. The van der Waals surface area contributed by atoms with Crippen LogP contribution in [0.2, 0.25) is 0 Å². The second-order valence-corrected chi connectivity index (χ2v) is 15.0. The Hall–Kier alpha value is -6.09. The van der Waals surface area contributed by atoms with Crippen LogP contribution in [0, 0.1) is 0 Å². The summed E-state index contributed by atoms with van der Waals surface area (Å²) in [6, 6.07) is 66.5. The van der Waals surface area contributed by atoms with Gasteiger partial charge in [-0.1, -0.05) is 146 Å². The number of fused-ring (bicyclic) bond motifs is 5. The van der Waals surface area contributed by atoms with Gasteiger partial charge >= 0.3 is 0 Å². The van der Waals surface area contributed by atoms with Crippen molar-refractivity contribution in [2.45, 2.75) is 16.1 Å². The predicted molar refractivity (Wildman–Crippen MR) is 222 cm³/mol. The Morgan fingerprint density at radius 3 is 1.75 bits per heavy atom. The van der Waals surface area contributed by atoms with Gasteiger partial charge in [0.15, 0.2) is 0 Å². The second kappa shape index (κ2) is 12.9. The third kappa shape index (κ3) is 5.62. The van der Waals surface area contributed by atoms with Gasteiger partial charge in [0, 0.05) is 33.1 Å². The zero-order chi connectivity index (χ0) is 34.4. The molecule has 0 bridgehead atoms. The Bertz CT molecular complexity index is 2670. The zero-order valence-corrected chi connectivity index (χ0v) is 29.4. The lowest BCUT2D eigenvalue weighted by Crippen LogP contribution is -2.20. The number of nitrogens with zero attached hydrogens (tertiary/aromatic N) is 1. The fourth-order valence-corrected chi connectivity index (χ4v) is 9.19. The van der Waals surface area contributed by atoms with Gasteiger partial charge in [0.25, 0.3) is 0 Å². The van der Waals surface area contributed by atoms with Crippen molar-refractivity contribution in [3.63, 3.8) is 0 Å². The number of hydrogen-bond donors (Lipinski definition) is 0. The van der Waals surface area contributed by atoms with E-state index in [1.165, 1.54) is 71.1 Å². The molecule has 0 saturated heterocycles. The Morgan fingerprint density at radius 1 is 0.404 bits per heavy atom. The number of anilines is 2. The minimum absolute atomic E-state index is 0.341. The highest BCUT2D eigenvalue weighted by Gasteiger charge is 2.33. The Kier molecular flexibility index (Phi) is 7.62. The first-order valence-electron chi connectivity index (χ1n) is 18.0. The highest BCUT2D eigenvalue weighted by Crippen LogP contribution is 2.50. The number of benzene rings is 8. The van der Waals surface area contributed by atoms with Crippen LogP contribution in [0.5, 0.6) is 0 Å². The van der Waals surface area contributed by atoms with Crippen LogP contribution in [-0.2, 0) is 0 Å². The third-order valence-electron chi connectivity index (χ3n) is 10.6. The molecule has 1 heterocycles. The topological polar surface area (TPSA) is 3.24 Å². The van der Waals surface area contributed by atoms with E-state index in [2.05, 4.69) is 205 Å². The van der Waals surface area contributed by atoms with E-state index in [0.29, 0.717) is 11.2 Å². The van der Waals surface area contributed by atoms with Crippen molar-refractivity contribution in [2.75, 3.05) is 4.90 Å². The first kappa shape index (κ1) is 30.7. The molecule has 10 rings (SSSR count). The van der Waals surface area contributed by atoms with Gasteiger partial charge in [0.05, 0.1) is 0 Å². The Balaban J connectivity index is 1.04. The molecule has 2 heteroatoms. The average Bonchev–Trinajstić information content (AvgIpc) is 3.59. The molecule has 1 aliphatic heterocycles. The highest BCUT2D eigenvalue weighted by atomic mass is 32.2. The molecule has 8 aromatic carbocycles. The lowest BCUT2D eigenvalue weighted by atomic mass is 9.90. The first-order chi connectivity index (χ1) is 25.7. The van der Waals surface area contributed by atoms with E-state index in [9.17, 15) is 0 Å². The molecule has 2 atom stereocenters. The molecule has 2 unspecified atom stereocenters. The molecule has 0 amide bonds. The molecule has 0 spiro atoms.